The molecule has 208 valence electrons. The van der Waals surface area contributed by atoms with Crippen LogP contribution < -0.4 is 10.6 Å². The lowest BCUT2D eigenvalue weighted by molar-refractivity contribution is 0.0685. The van der Waals surface area contributed by atoms with Gasteiger partial charge in [0.1, 0.15) is 6.61 Å². The highest BCUT2D eigenvalue weighted by Gasteiger charge is 2.29. The summed E-state index contributed by atoms with van der Waals surface area (Å²) in [6.45, 7) is 2.28. The standard InChI is InChI=1S/C32H35N3O5/c36-30(23-9-7-10-24(20-23)34-31(37)38)35-18-15-22(16-19-35)8-5-6-17-33-32(39)40-21-29-27-13-3-1-11-25(27)26-12-2-4-14-28(26)29/h1-4,7,9-14,20,22,29,34H,5-6,8,15-19,21H2,(H,33,39)(H,37,38). The summed E-state index contributed by atoms with van der Waals surface area (Å²) in [6, 6.07) is 23.2. The maximum atomic E-state index is 12.9. The van der Waals surface area contributed by atoms with Gasteiger partial charge in [-0.15, -0.1) is 0 Å². The van der Waals surface area contributed by atoms with Crippen LogP contribution in [0.5, 0.6) is 0 Å². The van der Waals surface area contributed by atoms with Crippen molar-refractivity contribution in [1.29, 1.82) is 0 Å². The molecule has 40 heavy (non-hydrogen) atoms. The first kappa shape index (κ1) is 27.2. The number of ether oxygens (including phenoxy) is 1. The van der Waals surface area contributed by atoms with E-state index in [-0.39, 0.29) is 17.9 Å². The minimum Gasteiger partial charge on any atom is -0.465 e. The van der Waals surface area contributed by atoms with Crippen LogP contribution in [0.4, 0.5) is 15.3 Å². The number of rotatable bonds is 9. The van der Waals surface area contributed by atoms with E-state index >= 15 is 0 Å². The quantitative estimate of drug-likeness (QED) is 0.274. The maximum Gasteiger partial charge on any atom is 0.409 e. The lowest BCUT2D eigenvalue weighted by Crippen LogP contribution is -2.38. The molecule has 0 unspecified atom stereocenters. The largest absolute Gasteiger partial charge is 0.465 e. The Hall–Kier alpha value is -4.33. The van der Waals surface area contributed by atoms with Gasteiger partial charge in [0.05, 0.1) is 0 Å². The number of amides is 3. The van der Waals surface area contributed by atoms with E-state index in [0.717, 1.165) is 32.1 Å². The molecule has 1 saturated heterocycles. The van der Waals surface area contributed by atoms with Gasteiger partial charge in [0.2, 0.25) is 0 Å². The summed E-state index contributed by atoms with van der Waals surface area (Å²) < 4.78 is 5.61. The summed E-state index contributed by atoms with van der Waals surface area (Å²) in [5, 5.41) is 14.1. The molecule has 3 amide bonds. The monoisotopic (exact) mass is 541 g/mol. The van der Waals surface area contributed by atoms with Crippen LogP contribution in [0.25, 0.3) is 11.1 Å². The van der Waals surface area contributed by atoms with Crippen molar-refractivity contribution in [2.75, 3.05) is 31.6 Å². The first-order chi connectivity index (χ1) is 19.5. The third-order valence-electron chi connectivity index (χ3n) is 7.91. The number of benzene rings is 3. The maximum absolute atomic E-state index is 12.9. The van der Waals surface area contributed by atoms with E-state index in [1.54, 1.807) is 24.3 Å². The van der Waals surface area contributed by atoms with Gasteiger partial charge < -0.3 is 20.1 Å². The molecule has 1 heterocycles. The summed E-state index contributed by atoms with van der Waals surface area (Å²) in [5.74, 6) is 0.541. The minimum atomic E-state index is -1.15. The van der Waals surface area contributed by atoms with Crippen LogP contribution in [0.2, 0.25) is 0 Å². The van der Waals surface area contributed by atoms with Crippen LogP contribution in [0, 0.1) is 5.92 Å². The van der Waals surface area contributed by atoms with Crippen molar-refractivity contribution in [2.24, 2.45) is 5.92 Å². The fraction of sp³-hybridized carbons (Fsp3) is 0.344. The molecule has 8 heteroatoms. The van der Waals surface area contributed by atoms with Crippen molar-refractivity contribution in [3.8, 4) is 11.1 Å². The molecule has 1 aliphatic heterocycles. The number of nitrogens with zero attached hydrogens (tertiary/aromatic N) is 1. The zero-order valence-electron chi connectivity index (χ0n) is 22.5. The molecule has 0 bridgehead atoms. The zero-order chi connectivity index (χ0) is 27.9. The first-order valence-corrected chi connectivity index (χ1v) is 14.0. The number of fused-ring (bicyclic) bond motifs is 3. The second-order valence-electron chi connectivity index (χ2n) is 10.5. The van der Waals surface area contributed by atoms with Gasteiger partial charge in [-0.05, 0) is 65.6 Å². The van der Waals surface area contributed by atoms with Gasteiger partial charge in [0.25, 0.3) is 5.91 Å². The van der Waals surface area contributed by atoms with E-state index in [9.17, 15) is 14.4 Å². The zero-order valence-corrected chi connectivity index (χ0v) is 22.5. The Balaban J connectivity index is 0.983. The second kappa shape index (κ2) is 12.7. The van der Waals surface area contributed by atoms with E-state index in [2.05, 4.69) is 34.9 Å². The van der Waals surface area contributed by atoms with E-state index in [1.807, 2.05) is 29.2 Å². The number of hydrogen-bond acceptors (Lipinski definition) is 4. The van der Waals surface area contributed by atoms with Gasteiger partial charge in [-0.2, -0.15) is 0 Å². The number of hydrogen-bond donors (Lipinski definition) is 3. The second-order valence-corrected chi connectivity index (χ2v) is 10.5. The summed E-state index contributed by atoms with van der Waals surface area (Å²) in [5.41, 5.74) is 5.71. The van der Waals surface area contributed by atoms with Crippen LogP contribution in [-0.4, -0.2) is 54.3 Å². The summed E-state index contributed by atoms with van der Waals surface area (Å²) >= 11 is 0. The topological polar surface area (TPSA) is 108 Å². The number of anilines is 1. The Morgan fingerprint density at radius 3 is 2.23 bits per heavy atom. The average molecular weight is 542 g/mol. The average Bonchev–Trinajstić information content (AvgIpc) is 3.29. The third kappa shape index (κ3) is 6.45. The van der Waals surface area contributed by atoms with E-state index < -0.39 is 6.09 Å². The SMILES string of the molecule is O=C(O)Nc1cccc(C(=O)N2CCC(CCCCNC(=O)OCC3c4ccccc4-c4ccccc43)CC2)c1. The number of carbonyl (C=O) groups excluding carboxylic acids is 2. The van der Waals surface area contributed by atoms with Gasteiger partial charge in [-0.25, -0.2) is 9.59 Å². The van der Waals surface area contributed by atoms with E-state index in [1.165, 1.54) is 22.3 Å². The van der Waals surface area contributed by atoms with Crippen molar-refractivity contribution >= 4 is 23.8 Å². The number of nitrogens with one attached hydrogen (secondary N) is 2. The van der Waals surface area contributed by atoms with Crippen LogP contribution in [0.3, 0.4) is 0 Å². The molecular weight excluding hydrogens is 506 g/mol. The lowest BCUT2D eigenvalue weighted by Gasteiger charge is -2.32. The molecular formula is C32H35N3O5. The van der Waals surface area contributed by atoms with Crippen molar-refractivity contribution in [3.05, 3.63) is 89.5 Å². The highest BCUT2D eigenvalue weighted by atomic mass is 16.5. The first-order valence-electron chi connectivity index (χ1n) is 14.0. The number of carboxylic acid groups (broad SMARTS) is 1. The molecule has 1 fully saturated rings. The molecule has 8 nitrogen and oxygen atoms in total. The van der Waals surface area contributed by atoms with E-state index in [0.29, 0.717) is 43.4 Å². The molecule has 0 aromatic heterocycles. The van der Waals surface area contributed by atoms with Crippen molar-refractivity contribution in [2.45, 2.75) is 38.0 Å². The molecule has 3 aromatic rings. The van der Waals surface area contributed by atoms with Crippen LogP contribution in [0.1, 0.15) is 59.5 Å². The fourth-order valence-electron chi connectivity index (χ4n) is 5.86. The minimum absolute atomic E-state index is 0.0567. The fourth-order valence-corrected chi connectivity index (χ4v) is 5.86. The molecule has 0 saturated carbocycles. The Morgan fingerprint density at radius 1 is 0.875 bits per heavy atom. The molecule has 3 N–H and O–H groups in total. The van der Waals surface area contributed by atoms with Gasteiger partial charge in [-0.3, -0.25) is 10.1 Å². The summed E-state index contributed by atoms with van der Waals surface area (Å²) in [6.07, 6.45) is 3.30. The highest BCUT2D eigenvalue weighted by molar-refractivity contribution is 5.96. The molecule has 1 aliphatic carbocycles. The number of unbranched alkanes of at least 4 members (excludes halogenated alkanes) is 1. The van der Waals surface area contributed by atoms with Crippen LogP contribution in [0.15, 0.2) is 72.8 Å². The number of piperidine rings is 1. The Bertz CT molecular complexity index is 1320. The van der Waals surface area contributed by atoms with E-state index in [4.69, 9.17) is 9.84 Å². The highest BCUT2D eigenvalue weighted by Crippen LogP contribution is 2.44. The summed E-state index contributed by atoms with van der Waals surface area (Å²) in [7, 11) is 0. The number of carbonyl (C=O) groups is 3. The molecule has 0 radical (unpaired) electrons. The predicted octanol–water partition coefficient (Wildman–Crippen LogP) is 6.34. The lowest BCUT2D eigenvalue weighted by atomic mass is 9.91. The van der Waals surface area contributed by atoms with Crippen molar-refractivity contribution < 1.29 is 24.2 Å². The summed E-state index contributed by atoms with van der Waals surface area (Å²) in [4.78, 5) is 38.0. The van der Waals surface area contributed by atoms with Gasteiger partial charge in [0.15, 0.2) is 0 Å². The van der Waals surface area contributed by atoms with Crippen LogP contribution in [-0.2, 0) is 4.74 Å². The Kier molecular flexibility index (Phi) is 8.64. The number of alkyl carbamates (subject to hydrolysis) is 1. The van der Waals surface area contributed by atoms with Gasteiger partial charge in [0, 0.05) is 36.8 Å². The van der Waals surface area contributed by atoms with Crippen LogP contribution >= 0.6 is 0 Å². The Labute approximate surface area is 234 Å². The smallest absolute Gasteiger partial charge is 0.409 e. The predicted molar refractivity (Wildman–Crippen MR) is 154 cm³/mol. The van der Waals surface area contributed by atoms with Gasteiger partial charge in [-0.1, -0.05) is 67.4 Å². The van der Waals surface area contributed by atoms with Crippen molar-refractivity contribution in [3.63, 3.8) is 0 Å². The van der Waals surface area contributed by atoms with Crippen molar-refractivity contribution in [1.82, 2.24) is 10.2 Å². The van der Waals surface area contributed by atoms with Gasteiger partial charge >= 0.3 is 12.2 Å². The molecule has 0 atom stereocenters. The molecule has 5 rings (SSSR count). The molecule has 3 aromatic carbocycles. The third-order valence-corrected chi connectivity index (χ3v) is 7.91. The molecule has 2 aliphatic rings. The normalized spacial score (nSPS) is 14.8. The number of likely N-dealkylation sites (tertiary alicyclic amines) is 1. The Morgan fingerprint density at radius 2 is 1.55 bits per heavy atom. The molecule has 0 spiro atoms.